The highest BCUT2D eigenvalue weighted by molar-refractivity contribution is 7.89. The zero-order valence-corrected chi connectivity index (χ0v) is 25.0. The van der Waals surface area contributed by atoms with Gasteiger partial charge in [0.25, 0.3) is 11.8 Å². The lowest BCUT2D eigenvalue weighted by atomic mass is 9.99. The molecule has 4 rings (SSSR count). The van der Waals surface area contributed by atoms with E-state index >= 15 is 0 Å². The first-order valence-corrected chi connectivity index (χ1v) is 14.9. The van der Waals surface area contributed by atoms with E-state index in [1.165, 1.54) is 41.2 Å². The number of halogens is 1. The second-order valence-corrected chi connectivity index (χ2v) is 12.8. The van der Waals surface area contributed by atoms with Crippen molar-refractivity contribution in [2.75, 3.05) is 40.8 Å². The van der Waals surface area contributed by atoms with E-state index in [4.69, 9.17) is 4.74 Å². The van der Waals surface area contributed by atoms with Crippen LogP contribution in [0.25, 0.3) is 11.1 Å². The smallest absolute Gasteiger partial charge is 0.259 e. The van der Waals surface area contributed by atoms with E-state index in [9.17, 15) is 27.5 Å². The van der Waals surface area contributed by atoms with Gasteiger partial charge in [0.2, 0.25) is 15.9 Å². The number of carbonyl (C=O) groups excluding carboxylic acids is 2. The Kier molecular flexibility index (Phi) is 9.29. The molecule has 12 heteroatoms. The standard InChI is InChI=1S/C30H35FN4O6S/c1-19-16-35(20(2)18-36)30(38)26-13-23(21-8-6-9-22(12-21)29(37)33(3)4)15-32-28(26)41-27(19)17-34(5)42(39,40)25-11-7-10-24(31)14-25/h6-15,19-20,27,36H,16-18H2,1-5H3/t19-,20-,27+/m1/s1. The second-order valence-electron chi connectivity index (χ2n) is 10.7. The van der Waals surface area contributed by atoms with Crippen LogP contribution in [0, 0.1) is 11.7 Å². The van der Waals surface area contributed by atoms with Crippen molar-refractivity contribution >= 4 is 21.8 Å². The van der Waals surface area contributed by atoms with Crippen LogP contribution in [-0.4, -0.2) is 97.4 Å². The van der Waals surface area contributed by atoms with Gasteiger partial charge in [0.05, 0.1) is 24.1 Å². The van der Waals surface area contributed by atoms with Gasteiger partial charge in [-0.3, -0.25) is 9.59 Å². The largest absolute Gasteiger partial charge is 0.472 e. The summed E-state index contributed by atoms with van der Waals surface area (Å²) in [6.45, 7) is 3.33. The van der Waals surface area contributed by atoms with Crippen molar-refractivity contribution in [1.29, 1.82) is 0 Å². The monoisotopic (exact) mass is 598 g/mol. The number of sulfonamides is 1. The number of aromatic nitrogens is 1. The molecule has 0 bridgehead atoms. The fourth-order valence-corrected chi connectivity index (χ4v) is 5.94. The lowest BCUT2D eigenvalue weighted by molar-refractivity contribution is 0.0373. The number of pyridine rings is 1. The first-order valence-electron chi connectivity index (χ1n) is 13.5. The Balaban J connectivity index is 1.72. The third-order valence-corrected chi connectivity index (χ3v) is 9.13. The van der Waals surface area contributed by atoms with Crippen LogP contribution in [0.5, 0.6) is 5.88 Å². The van der Waals surface area contributed by atoms with Gasteiger partial charge in [-0.1, -0.05) is 25.1 Å². The van der Waals surface area contributed by atoms with Gasteiger partial charge in [-0.05, 0) is 48.9 Å². The van der Waals surface area contributed by atoms with Crippen LogP contribution < -0.4 is 4.74 Å². The van der Waals surface area contributed by atoms with Crippen LogP contribution >= 0.6 is 0 Å². The van der Waals surface area contributed by atoms with Crippen LogP contribution in [0.4, 0.5) is 4.39 Å². The van der Waals surface area contributed by atoms with Gasteiger partial charge in [0.1, 0.15) is 17.5 Å². The van der Waals surface area contributed by atoms with E-state index in [2.05, 4.69) is 4.98 Å². The third kappa shape index (κ3) is 6.45. The van der Waals surface area contributed by atoms with Gasteiger partial charge < -0.3 is 19.6 Å². The molecule has 0 unspecified atom stereocenters. The first kappa shape index (κ1) is 31.1. The molecule has 1 aliphatic rings. The minimum absolute atomic E-state index is 0.0208. The van der Waals surface area contributed by atoms with E-state index < -0.39 is 33.9 Å². The van der Waals surface area contributed by atoms with E-state index in [0.29, 0.717) is 16.7 Å². The fraction of sp³-hybridized carbons (Fsp3) is 0.367. The number of nitrogens with zero attached hydrogens (tertiary/aromatic N) is 4. The summed E-state index contributed by atoms with van der Waals surface area (Å²) < 4.78 is 47.5. The van der Waals surface area contributed by atoms with Crippen molar-refractivity contribution < 1.29 is 32.2 Å². The first-order chi connectivity index (χ1) is 19.8. The Hall–Kier alpha value is -3.87. The summed E-state index contributed by atoms with van der Waals surface area (Å²) in [6, 6.07) is 12.8. The van der Waals surface area contributed by atoms with Crippen molar-refractivity contribution in [3.8, 4) is 17.0 Å². The minimum atomic E-state index is -4.05. The summed E-state index contributed by atoms with van der Waals surface area (Å²) >= 11 is 0. The summed E-state index contributed by atoms with van der Waals surface area (Å²) in [4.78, 5) is 33.6. The average molecular weight is 599 g/mol. The van der Waals surface area contributed by atoms with Crippen LogP contribution in [0.15, 0.2) is 65.7 Å². The number of likely N-dealkylation sites (N-methyl/N-ethyl adjacent to an activating group) is 1. The molecule has 1 N–H and O–H groups in total. The summed E-state index contributed by atoms with van der Waals surface area (Å²) in [6.07, 6.45) is 0.791. The SMILES string of the molecule is C[C@@H]1CN([C@H](C)CO)C(=O)c2cc(-c3cccc(C(=O)N(C)C)c3)cnc2O[C@H]1CN(C)S(=O)(=O)c1cccc(F)c1. The van der Waals surface area contributed by atoms with Crippen LogP contribution in [0.3, 0.4) is 0 Å². The van der Waals surface area contributed by atoms with E-state index in [-0.39, 0.29) is 47.9 Å². The Bertz CT molecular complexity index is 1580. The predicted octanol–water partition coefficient (Wildman–Crippen LogP) is 3.13. The number of hydrogen-bond acceptors (Lipinski definition) is 7. The number of benzene rings is 2. The van der Waals surface area contributed by atoms with Gasteiger partial charge in [-0.15, -0.1) is 0 Å². The number of ether oxygens (including phenoxy) is 1. The number of hydrogen-bond donors (Lipinski definition) is 1. The van der Waals surface area contributed by atoms with Gasteiger partial charge in [0, 0.05) is 50.9 Å². The summed E-state index contributed by atoms with van der Waals surface area (Å²) in [7, 11) is 0.656. The number of carbonyl (C=O) groups is 2. The molecule has 3 aromatic rings. The molecule has 0 fully saturated rings. The van der Waals surface area contributed by atoms with Crippen molar-refractivity contribution in [2.24, 2.45) is 5.92 Å². The van der Waals surface area contributed by atoms with Gasteiger partial charge in [-0.2, -0.15) is 4.31 Å². The molecule has 1 aliphatic heterocycles. The van der Waals surface area contributed by atoms with Crippen molar-refractivity contribution in [3.05, 3.63) is 77.7 Å². The second kappa shape index (κ2) is 12.6. The molecule has 2 heterocycles. The maximum absolute atomic E-state index is 13.8. The molecule has 0 spiro atoms. The Morgan fingerprint density at radius 1 is 1.14 bits per heavy atom. The lowest BCUT2D eigenvalue weighted by Gasteiger charge is -2.37. The highest BCUT2D eigenvalue weighted by Gasteiger charge is 2.36. The van der Waals surface area contributed by atoms with Crippen molar-refractivity contribution in [2.45, 2.75) is 30.9 Å². The molecular weight excluding hydrogens is 563 g/mol. The highest BCUT2D eigenvalue weighted by Crippen LogP contribution is 2.31. The Morgan fingerprint density at radius 3 is 2.52 bits per heavy atom. The maximum atomic E-state index is 13.8. The molecule has 0 saturated heterocycles. The Morgan fingerprint density at radius 2 is 1.86 bits per heavy atom. The maximum Gasteiger partial charge on any atom is 0.259 e. The molecule has 1 aromatic heterocycles. The van der Waals surface area contributed by atoms with E-state index in [1.54, 1.807) is 51.4 Å². The zero-order chi connectivity index (χ0) is 30.8. The molecule has 0 saturated carbocycles. The molecule has 2 amide bonds. The van der Waals surface area contributed by atoms with Crippen molar-refractivity contribution in [3.63, 3.8) is 0 Å². The number of aliphatic hydroxyl groups is 1. The average Bonchev–Trinajstić information content (AvgIpc) is 2.97. The minimum Gasteiger partial charge on any atom is -0.472 e. The topological polar surface area (TPSA) is 120 Å². The predicted molar refractivity (Wildman–Crippen MR) is 155 cm³/mol. The summed E-state index contributed by atoms with van der Waals surface area (Å²) in [5.74, 6) is -1.58. The molecule has 42 heavy (non-hydrogen) atoms. The van der Waals surface area contributed by atoms with Gasteiger partial charge >= 0.3 is 0 Å². The third-order valence-electron chi connectivity index (χ3n) is 7.31. The fourth-order valence-electron chi connectivity index (χ4n) is 4.73. The lowest BCUT2D eigenvalue weighted by Crippen LogP contribution is -2.50. The highest BCUT2D eigenvalue weighted by atomic mass is 32.2. The number of rotatable bonds is 8. The molecule has 0 radical (unpaired) electrons. The summed E-state index contributed by atoms with van der Waals surface area (Å²) in [5.41, 5.74) is 1.86. The van der Waals surface area contributed by atoms with E-state index in [0.717, 1.165) is 10.4 Å². The molecule has 3 atom stereocenters. The number of aliphatic hydroxyl groups excluding tert-OH is 1. The summed E-state index contributed by atoms with van der Waals surface area (Å²) in [5, 5.41) is 9.93. The molecule has 0 aliphatic carbocycles. The number of fused-ring (bicyclic) bond motifs is 1. The van der Waals surface area contributed by atoms with E-state index in [1.807, 2.05) is 6.92 Å². The van der Waals surface area contributed by atoms with Gasteiger partial charge in [-0.25, -0.2) is 17.8 Å². The number of amides is 2. The molecule has 224 valence electrons. The van der Waals surface area contributed by atoms with Crippen LogP contribution in [-0.2, 0) is 10.0 Å². The molecule has 10 nitrogen and oxygen atoms in total. The molecule has 2 aromatic carbocycles. The normalized spacial score (nSPS) is 18.1. The van der Waals surface area contributed by atoms with Gasteiger partial charge in [0.15, 0.2) is 0 Å². The van der Waals surface area contributed by atoms with Crippen LogP contribution in [0.1, 0.15) is 34.6 Å². The van der Waals surface area contributed by atoms with Crippen LogP contribution in [0.2, 0.25) is 0 Å². The Labute approximate surface area is 245 Å². The van der Waals surface area contributed by atoms with Crippen molar-refractivity contribution in [1.82, 2.24) is 19.1 Å². The zero-order valence-electron chi connectivity index (χ0n) is 24.2. The quantitative estimate of drug-likeness (QED) is 0.423. The molecular formula is C30H35FN4O6S.